The molecule has 6 nitrogen and oxygen atoms in total. The highest BCUT2D eigenvalue weighted by atomic mass is 127. The topological polar surface area (TPSA) is 63.5 Å². The summed E-state index contributed by atoms with van der Waals surface area (Å²) in [5.74, 6) is 1.74. The smallest absolute Gasteiger partial charge is 0.191 e. The minimum absolute atomic E-state index is 0. The van der Waals surface area contributed by atoms with E-state index in [1.807, 2.05) is 18.5 Å². The van der Waals surface area contributed by atoms with Crippen molar-refractivity contribution in [3.8, 4) is 0 Å². The van der Waals surface area contributed by atoms with Crippen LogP contribution in [-0.4, -0.2) is 48.4 Å². The Hall–Kier alpha value is -1.35. The highest BCUT2D eigenvalue weighted by molar-refractivity contribution is 14.0. The van der Waals surface area contributed by atoms with E-state index in [-0.39, 0.29) is 24.0 Å². The number of nitrogens with one attached hydrogen (secondary N) is 2. The second-order valence-electron chi connectivity index (χ2n) is 6.84. The van der Waals surface area contributed by atoms with Gasteiger partial charge in [0.1, 0.15) is 0 Å². The third-order valence-electron chi connectivity index (χ3n) is 4.51. The SMILES string of the molecule is CCNC(=NCCCn1cnc2ccccc21)NCCCOCC1CC1.I. The zero-order chi connectivity index (χ0) is 18.0. The van der Waals surface area contributed by atoms with Gasteiger partial charge in [-0.3, -0.25) is 4.99 Å². The molecule has 1 aliphatic rings. The molecule has 0 aliphatic heterocycles. The van der Waals surface area contributed by atoms with E-state index in [4.69, 9.17) is 4.74 Å². The van der Waals surface area contributed by atoms with Gasteiger partial charge in [0.2, 0.25) is 0 Å². The Kier molecular flexibility index (Phi) is 9.90. The maximum Gasteiger partial charge on any atom is 0.191 e. The van der Waals surface area contributed by atoms with Crippen molar-refractivity contribution in [2.45, 2.75) is 39.2 Å². The lowest BCUT2D eigenvalue weighted by atomic mass is 10.3. The number of guanidine groups is 1. The fraction of sp³-hybridized carbons (Fsp3) is 0.600. The van der Waals surface area contributed by atoms with Crippen LogP contribution in [0.3, 0.4) is 0 Å². The molecule has 150 valence electrons. The maximum atomic E-state index is 5.67. The van der Waals surface area contributed by atoms with Gasteiger partial charge in [0, 0.05) is 39.4 Å². The number of para-hydroxylation sites is 2. The molecule has 0 saturated heterocycles. The number of nitrogens with zero attached hydrogens (tertiary/aromatic N) is 3. The Balaban J connectivity index is 0.00000261. The fourth-order valence-corrected chi connectivity index (χ4v) is 2.88. The average Bonchev–Trinajstić information content (AvgIpc) is 3.40. The van der Waals surface area contributed by atoms with E-state index in [9.17, 15) is 0 Å². The van der Waals surface area contributed by atoms with Gasteiger partial charge in [-0.2, -0.15) is 0 Å². The van der Waals surface area contributed by atoms with Crippen molar-refractivity contribution in [1.29, 1.82) is 0 Å². The third kappa shape index (κ3) is 7.65. The summed E-state index contributed by atoms with van der Waals surface area (Å²) in [6, 6.07) is 8.24. The van der Waals surface area contributed by atoms with Crippen molar-refractivity contribution >= 4 is 41.0 Å². The number of aryl methyl sites for hydroxylation is 1. The summed E-state index contributed by atoms with van der Waals surface area (Å²) in [5, 5.41) is 6.69. The van der Waals surface area contributed by atoms with Crippen LogP contribution < -0.4 is 10.6 Å². The molecular weight excluding hydrogens is 453 g/mol. The molecule has 1 fully saturated rings. The minimum atomic E-state index is 0. The van der Waals surface area contributed by atoms with Crippen molar-refractivity contribution in [2.75, 3.05) is 32.8 Å². The predicted molar refractivity (Wildman–Crippen MR) is 122 cm³/mol. The van der Waals surface area contributed by atoms with Gasteiger partial charge >= 0.3 is 0 Å². The highest BCUT2D eigenvalue weighted by Crippen LogP contribution is 2.28. The van der Waals surface area contributed by atoms with E-state index in [1.54, 1.807) is 0 Å². The molecule has 2 aromatic rings. The zero-order valence-corrected chi connectivity index (χ0v) is 18.5. The van der Waals surface area contributed by atoms with Crippen LogP contribution in [0, 0.1) is 5.92 Å². The van der Waals surface area contributed by atoms with Gasteiger partial charge in [-0.1, -0.05) is 12.1 Å². The molecular formula is C20H32IN5O. The van der Waals surface area contributed by atoms with Crippen LogP contribution in [-0.2, 0) is 11.3 Å². The van der Waals surface area contributed by atoms with Gasteiger partial charge in [-0.25, -0.2) is 4.98 Å². The van der Waals surface area contributed by atoms with E-state index in [0.29, 0.717) is 0 Å². The summed E-state index contributed by atoms with van der Waals surface area (Å²) in [6.45, 7) is 7.35. The van der Waals surface area contributed by atoms with Crippen LogP contribution in [0.2, 0.25) is 0 Å². The number of hydrogen-bond acceptors (Lipinski definition) is 3. The quantitative estimate of drug-likeness (QED) is 0.222. The van der Waals surface area contributed by atoms with E-state index in [0.717, 1.165) is 69.6 Å². The van der Waals surface area contributed by atoms with Crippen molar-refractivity contribution < 1.29 is 4.74 Å². The molecule has 0 amide bonds. The van der Waals surface area contributed by atoms with Gasteiger partial charge < -0.3 is 19.9 Å². The summed E-state index contributed by atoms with van der Waals surface area (Å²) in [5.41, 5.74) is 2.24. The molecule has 1 heterocycles. The Morgan fingerprint density at radius 1 is 1.26 bits per heavy atom. The molecule has 0 unspecified atom stereocenters. The average molecular weight is 485 g/mol. The number of ether oxygens (including phenoxy) is 1. The molecule has 0 spiro atoms. The number of aliphatic imine (C=N–C) groups is 1. The Morgan fingerprint density at radius 3 is 2.93 bits per heavy atom. The molecule has 2 N–H and O–H groups in total. The number of halogens is 1. The molecule has 0 radical (unpaired) electrons. The first-order chi connectivity index (χ1) is 12.9. The Labute approximate surface area is 179 Å². The lowest BCUT2D eigenvalue weighted by Gasteiger charge is -2.11. The first-order valence-corrected chi connectivity index (χ1v) is 9.86. The number of rotatable bonds is 11. The number of aromatic nitrogens is 2. The van der Waals surface area contributed by atoms with Gasteiger partial charge in [0.25, 0.3) is 0 Å². The third-order valence-corrected chi connectivity index (χ3v) is 4.51. The number of fused-ring (bicyclic) bond motifs is 1. The number of imidazole rings is 1. The molecule has 3 rings (SSSR count). The van der Waals surface area contributed by atoms with Gasteiger partial charge in [-0.15, -0.1) is 24.0 Å². The second kappa shape index (κ2) is 12.2. The summed E-state index contributed by atoms with van der Waals surface area (Å²) < 4.78 is 7.86. The van der Waals surface area contributed by atoms with Crippen LogP contribution in [0.1, 0.15) is 32.6 Å². The van der Waals surface area contributed by atoms with Crippen LogP contribution in [0.4, 0.5) is 0 Å². The van der Waals surface area contributed by atoms with E-state index in [2.05, 4.69) is 44.2 Å². The molecule has 0 bridgehead atoms. The summed E-state index contributed by atoms with van der Waals surface area (Å²) >= 11 is 0. The predicted octanol–water partition coefficient (Wildman–Crippen LogP) is 3.42. The van der Waals surface area contributed by atoms with Crippen LogP contribution in [0.15, 0.2) is 35.6 Å². The van der Waals surface area contributed by atoms with E-state index >= 15 is 0 Å². The largest absolute Gasteiger partial charge is 0.381 e. The number of benzene rings is 1. The molecule has 27 heavy (non-hydrogen) atoms. The molecule has 1 aliphatic carbocycles. The summed E-state index contributed by atoms with van der Waals surface area (Å²) in [7, 11) is 0. The maximum absolute atomic E-state index is 5.67. The van der Waals surface area contributed by atoms with E-state index in [1.165, 1.54) is 18.4 Å². The van der Waals surface area contributed by atoms with Crippen LogP contribution in [0.5, 0.6) is 0 Å². The monoisotopic (exact) mass is 485 g/mol. The fourth-order valence-electron chi connectivity index (χ4n) is 2.88. The first-order valence-electron chi connectivity index (χ1n) is 9.86. The van der Waals surface area contributed by atoms with Crippen molar-refractivity contribution in [2.24, 2.45) is 10.9 Å². The van der Waals surface area contributed by atoms with Crippen molar-refractivity contribution in [1.82, 2.24) is 20.2 Å². The van der Waals surface area contributed by atoms with Crippen molar-refractivity contribution in [3.63, 3.8) is 0 Å². The molecule has 0 atom stereocenters. The molecule has 1 saturated carbocycles. The van der Waals surface area contributed by atoms with Crippen molar-refractivity contribution in [3.05, 3.63) is 30.6 Å². The van der Waals surface area contributed by atoms with Crippen LogP contribution in [0.25, 0.3) is 11.0 Å². The first kappa shape index (κ1) is 21.9. The lowest BCUT2D eigenvalue weighted by molar-refractivity contribution is 0.123. The van der Waals surface area contributed by atoms with Gasteiger partial charge in [0.15, 0.2) is 5.96 Å². The standard InChI is InChI=1S/C20H31N5O.HI/c1-2-21-20(23-12-6-14-26-15-17-9-10-17)22-11-5-13-25-16-24-18-7-3-4-8-19(18)25;/h3-4,7-8,16-17H,2,5-6,9-15H2,1H3,(H2,21,22,23);1H. The minimum Gasteiger partial charge on any atom is -0.381 e. The summed E-state index contributed by atoms with van der Waals surface area (Å²) in [4.78, 5) is 9.10. The normalized spacial score (nSPS) is 14.2. The Morgan fingerprint density at radius 2 is 2.11 bits per heavy atom. The molecule has 7 heteroatoms. The second-order valence-corrected chi connectivity index (χ2v) is 6.84. The van der Waals surface area contributed by atoms with Gasteiger partial charge in [-0.05, 0) is 50.7 Å². The van der Waals surface area contributed by atoms with Gasteiger partial charge in [0.05, 0.1) is 17.4 Å². The zero-order valence-electron chi connectivity index (χ0n) is 16.2. The lowest BCUT2D eigenvalue weighted by Crippen LogP contribution is -2.38. The van der Waals surface area contributed by atoms with E-state index < -0.39 is 0 Å². The summed E-state index contributed by atoms with van der Waals surface area (Å²) in [6.07, 6.45) is 6.62. The number of hydrogen-bond donors (Lipinski definition) is 2. The van der Waals surface area contributed by atoms with Crippen LogP contribution >= 0.6 is 24.0 Å². The molecule has 1 aromatic carbocycles. The Bertz CT molecular complexity index is 698. The highest BCUT2D eigenvalue weighted by Gasteiger charge is 2.20. The molecule has 1 aromatic heterocycles.